The molecule has 0 atom stereocenters. The summed E-state index contributed by atoms with van der Waals surface area (Å²) in [5, 5.41) is 14.2. The molecule has 1 amide bonds. The maximum absolute atomic E-state index is 12.2. The highest BCUT2D eigenvalue weighted by Crippen LogP contribution is 2.36. The minimum absolute atomic E-state index is 0.196. The van der Waals surface area contributed by atoms with Gasteiger partial charge in [-0.1, -0.05) is 17.7 Å². The number of rotatable bonds is 7. The fourth-order valence-corrected chi connectivity index (χ4v) is 2.61. The van der Waals surface area contributed by atoms with E-state index in [1.54, 1.807) is 30.5 Å². The van der Waals surface area contributed by atoms with Gasteiger partial charge in [0, 0.05) is 18.3 Å². The van der Waals surface area contributed by atoms with Crippen molar-refractivity contribution in [2.24, 2.45) is 0 Å². The van der Waals surface area contributed by atoms with Gasteiger partial charge in [-0.3, -0.25) is 9.78 Å². The van der Waals surface area contributed by atoms with Crippen LogP contribution in [0, 0.1) is 0 Å². The van der Waals surface area contributed by atoms with Gasteiger partial charge in [-0.15, -0.1) is 10.2 Å². The summed E-state index contributed by atoms with van der Waals surface area (Å²) >= 11 is 6.10. The number of halogens is 1. The molecular weight excluding hydrogens is 382 g/mol. The van der Waals surface area contributed by atoms with Crippen LogP contribution >= 0.6 is 11.6 Å². The molecule has 0 saturated heterocycles. The molecule has 0 saturated carbocycles. The number of hydrogen-bond donors (Lipinski definition) is 2. The smallest absolute Gasteiger partial charge is 0.272 e. The van der Waals surface area contributed by atoms with E-state index in [1.165, 1.54) is 14.2 Å². The Morgan fingerprint density at radius 1 is 1.07 bits per heavy atom. The molecule has 2 aromatic heterocycles. The van der Waals surface area contributed by atoms with Gasteiger partial charge in [0.05, 0.1) is 37.2 Å². The SMILES string of the molecule is COc1cc(Nc2ccc(C(=O)NCc3ccccn3)nn2)c(OC)cc1Cl. The van der Waals surface area contributed by atoms with Crippen molar-refractivity contribution in [1.29, 1.82) is 0 Å². The summed E-state index contributed by atoms with van der Waals surface area (Å²) in [4.78, 5) is 16.3. The quantitative estimate of drug-likeness (QED) is 0.629. The summed E-state index contributed by atoms with van der Waals surface area (Å²) in [6, 6.07) is 12.0. The van der Waals surface area contributed by atoms with Gasteiger partial charge in [0.15, 0.2) is 11.5 Å². The van der Waals surface area contributed by atoms with Gasteiger partial charge in [0.25, 0.3) is 5.91 Å². The molecule has 0 unspecified atom stereocenters. The number of carbonyl (C=O) groups is 1. The molecule has 28 heavy (non-hydrogen) atoms. The van der Waals surface area contributed by atoms with E-state index in [4.69, 9.17) is 21.1 Å². The average molecular weight is 400 g/mol. The van der Waals surface area contributed by atoms with Crippen LogP contribution in [-0.2, 0) is 6.54 Å². The third kappa shape index (κ3) is 4.66. The lowest BCUT2D eigenvalue weighted by atomic mass is 10.2. The summed E-state index contributed by atoms with van der Waals surface area (Å²) in [6.07, 6.45) is 1.67. The highest BCUT2D eigenvalue weighted by atomic mass is 35.5. The van der Waals surface area contributed by atoms with Gasteiger partial charge in [-0.2, -0.15) is 0 Å². The first-order chi connectivity index (χ1) is 13.6. The third-order valence-corrected chi connectivity index (χ3v) is 4.09. The number of nitrogens with one attached hydrogen (secondary N) is 2. The Morgan fingerprint density at radius 2 is 1.89 bits per heavy atom. The Labute approximate surface area is 166 Å². The van der Waals surface area contributed by atoms with Crippen LogP contribution in [0.2, 0.25) is 5.02 Å². The molecule has 9 heteroatoms. The largest absolute Gasteiger partial charge is 0.495 e. The van der Waals surface area contributed by atoms with Crippen LogP contribution in [0.4, 0.5) is 11.5 Å². The second-order valence-corrected chi connectivity index (χ2v) is 6.03. The molecule has 0 fully saturated rings. The number of methoxy groups -OCH3 is 2. The lowest BCUT2D eigenvalue weighted by Gasteiger charge is -2.13. The van der Waals surface area contributed by atoms with Crippen molar-refractivity contribution in [3.63, 3.8) is 0 Å². The van der Waals surface area contributed by atoms with Crippen LogP contribution in [0.3, 0.4) is 0 Å². The zero-order valence-corrected chi connectivity index (χ0v) is 16.0. The first-order valence-electron chi connectivity index (χ1n) is 8.31. The predicted octanol–water partition coefficient (Wildman–Crippen LogP) is 3.22. The minimum Gasteiger partial charge on any atom is -0.495 e. The predicted molar refractivity (Wildman–Crippen MR) is 105 cm³/mol. The van der Waals surface area contributed by atoms with Crippen molar-refractivity contribution in [2.75, 3.05) is 19.5 Å². The van der Waals surface area contributed by atoms with Gasteiger partial charge in [-0.25, -0.2) is 0 Å². The van der Waals surface area contributed by atoms with Crippen LogP contribution in [-0.4, -0.2) is 35.3 Å². The van der Waals surface area contributed by atoms with Gasteiger partial charge in [0.2, 0.25) is 0 Å². The summed E-state index contributed by atoms with van der Waals surface area (Å²) in [5.41, 5.74) is 1.55. The number of benzene rings is 1. The Morgan fingerprint density at radius 3 is 2.54 bits per heavy atom. The Hall–Kier alpha value is -3.39. The van der Waals surface area contributed by atoms with E-state index >= 15 is 0 Å². The van der Waals surface area contributed by atoms with E-state index in [0.29, 0.717) is 34.6 Å². The van der Waals surface area contributed by atoms with Crippen LogP contribution in [0.5, 0.6) is 11.5 Å². The molecule has 2 heterocycles. The fraction of sp³-hybridized carbons (Fsp3) is 0.158. The molecule has 2 N–H and O–H groups in total. The van der Waals surface area contributed by atoms with Crippen molar-refractivity contribution in [3.8, 4) is 11.5 Å². The lowest BCUT2D eigenvalue weighted by molar-refractivity contribution is 0.0944. The molecule has 1 aromatic carbocycles. The Kier molecular flexibility index (Phi) is 6.23. The van der Waals surface area contributed by atoms with E-state index in [2.05, 4.69) is 25.8 Å². The van der Waals surface area contributed by atoms with Crippen LogP contribution in [0.25, 0.3) is 0 Å². The van der Waals surface area contributed by atoms with Gasteiger partial charge < -0.3 is 20.1 Å². The van der Waals surface area contributed by atoms with Crippen molar-refractivity contribution < 1.29 is 14.3 Å². The van der Waals surface area contributed by atoms with E-state index < -0.39 is 0 Å². The topological polar surface area (TPSA) is 98.3 Å². The molecule has 3 rings (SSSR count). The van der Waals surface area contributed by atoms with E-state index in [-0.39, 0.29) is 11.6 Å². The average Bonchev–Trinajstić information content (AvgIpc) is 2.74. The van der Waals surface area contributed by atoms with E-state index in [1.807, 2.05) is 18.2 Å². The summed E-state index contributed by atoms with van der Waals surface area (Å²) in [7, 11) is 3.06. The zero-order valence-electron chi connectivity index (χ0n) is 15.3. The molecule has 144 valence electrons. The Bertz CT molecular complexity index is 952. The van der Waals surface area contributed by atoms with Crippen molar-refractivity contribution in [1.82, 2.24) is 20.5 Å². The third-order valence-electron chi connectivity index (χ3n) is 3.79. The first-order valence-corrected chi connectivity index (χ1v) is 8.69. The number of aromatic nitrogens is 3. The Balaban J connectivity index is 1.68. The number of pyridine rings is 1. The number of amides is 1. The molecule has 0 aliphatic carbocycles. The summed E-state index contributed by atoms with van der Waals surface area (Å²) < 4.78 is 10.5. The van der Waals surface area contributed by atoms with Crippen LogP contribution in [0.15, 0.2) is 48.7 Å². The molecule has 0 aliphatic heterocycles. The lowest BCUT2D eigenvalue weighted by Crippen LogP contribution is -2.24. The highest BCUT2D eigenvalue weighted by Gasteiger charge is 2.12. The van der Waals surface area contributed by atoms with Crippen LogP contribution < -0.4 is 20.1 Å². The molecule has 8 nitrogen and oxygen atoms in total. The zero-order chi connectivity index (χ0) is 19.9. The number of carbonyl (C=O) groups excluding carboxylic acids is 1. The van der Waals surface area contributed by atoms with Crippen LogP contribution in [0.1, 0.15) is 16.2 Å². The summed E-state index contributed by atoms with van der Waals surface area (Å²) in [5.74, 6) is 1.10. The molecule has 0 aliphatic rings. The maximum atomic E-state index is 12.2. The second kappa shape index (κ2) is 9.01. The van der Waals surface area contributed by atoms with Gasteiger partial charge in [-0.05, 0) is 24.3 Å². The van der Waals surface area contributed by atoms with E-state index in [9.17, 15) is 4.79 Å². The fourth-order valence-electron chi connectivity index (χ4n) is 2.38. The van der Waals surface area contributed by atoms with Crippen molar-refractivity contribution in [2.45, 2.75) is 6.54 Å². The number of hydrogen-bond acceptors (Lipinski definition) is 7. The second-order valence-electron chi connectivity index (χ2n) is 5.62. The molecule has 0 bridgehead atoms. The highest BCUT2D eigenvalue weighted by molar-refractivity contribution is 6.32. The molecule has 0 radical (unpaired) electrons. The molecule has 3 aromatic rings. The minimum atomic E-state index is -0.338. The number of ether oxygens (including phenoxy) is 2. The number of anilines is 2. The molecule has 0 spiro atoms. The molecular formula is C19H18ClN5O3. The van der Waals surface area contributed by atoms with Crippen molar-refractivity contribution >= 4 is 29.0 Å². The first kappa shape index (κ1) is 19.4. The maximum Gasteiger partial charge on any atom is 0.272 e. The summed E-state index contributed by atoms with van der Waals surface area (Å²) in [6.45, 7) is 0.309. The normalized spacial score (nSPS) is 10.2. The van der Waals surface area contributed by atoms with E-state index in [0.717, 1.165) is 5.69 Å². The number of nitrogens with zero attached hydrogens (tertiary/aromatic N) is 3. The van der Waals surface area contributed by atoms with Gasteiger partial charge in [0.1, 0.15) is 11.5 Å². The standard InChI is InChI=1S/C19H18ClN5O3/c1-27-16-10-15(17(28-2)9-13(16)20)23-18-7-6-14(24-25-18)19(26)22-11-12-5-3-4-8-21-12/h3-10H,11H2,1-2H3,(H,22,26)(H,23,25). The van der Waals surface area contributed by atoms with Crippen molar-refractivity contribution in [3.05, 3.63) is 65.1 Å². The van der Waals surface area contributed by atoms with Gasteiger partial charge >= 0.3 is 0 Å². The monoisotopic (exact) mass is 399 g/mol.